The first-order valence-corrected chi connectivity index (χ1v) is 6.27. The zero-order valence-electron chi connectivity index (χ0n) is 8.60. The highest BCUT2D eigenvalue weighted by molar-refractivity contribution is 7.99. The first-order chi connectivity index (χ1) is 6.63. The van der Waals surface area contributed by atoms with Crippen LogP contribution in [0.2, 0.25) is 0 Å². The van der Waals surface area contributed by atoms with Crippen molar-refractivity contribution >= 4 is 24.4 Å². The van der Waals surface area contributed by atoms with E-state index in [0.717, 1.165) is 5.56 Å². The third-order valence-corrected chi connectivity index (χ3v) is 3.29. The van der Waals surface area contributed by atoms with E-state index in [1.165, 1.54) is 4.90 Å². The molecule has 1 rings (SSSR count). The topological polar surface area (TPSA) is 26.0 Å². The Labute approximate surface area is 95.9 Å². The van der Waals surface area contributed by atoms with Crippen molar-refractivity contribution in [3.63, 3.8) is 0 Å². The van der Waals surface area contributed by atoms with E-state index < -0.39 is 0 Å². The minimum Gasteiger partial charge on any atom is -0.323 e. The Morgan fingerprint density at radius 3 is 2.29 bits per heavy atom. The van der Waals surface area contributed by atoms with E-state index in [1.807, 2.05) is 11.8 Å². The van der Waals surface area contributed by atoms with Crippen molar-refractivity contribution in [2.45, 2.75) is 30.0 Å². The molecule has 1 atom stereocenters. The van der Waals surface area contributed by atoms with E-state index in [2.05, 4.69) is 50.7 Å². The number of nitrogens with two attached hydrogens (primary N) is 1. The molecule has 0 spiro atoms. The van der Waals surface area contributed by atoms with E-state index in [9.17, 15) is 0 Å². The van der Waals surface area contributed by atoms with Gasteiger partial charge in [-0.25, -0.2) is 0 Å². The SMILES string of the molecule is CC(C)Sc1ccc(C(N)CS)cc1. The van der Waals surface area contributed by atoms with Crippen molar-refractivity contribution in [2.75, 3.05) is 5.75 Å². The van der Waals surface area contributed by atoms with Gasteiger partial charge in [0.15, 0.2) is 0 Å². The van der Waals surface area contributed by atoms with Crippen LogP contribution >= 0.6 is 24.4 Å². The van der Waals surface area contributed by atoms with Gasteiger partial charge in [0.05, 0.1) is 0 Å². The van der Waals surface area contributed by atoms with Gasteiger partial charge < -0.3 is 5.73 Å². The lowest BCUT2D eigenvalue weighted by atomic mass is 10.1. The predicted octanol–water partition coefficient (Wildman–Crippen LogP) is 3.12. The van der Waals surface area contributed by atoms with Crippen LogP contribution in [0.4, 0.5) is 0 Å². The van der Waals surface area contributed by atoms with Crippen molar-refractivity contribution in [2.24, 2.45) is 5.73 Å². The fourth-order valence-corrected chi connectivity index (χ4v) is 2.22. The number of benzene rings is 1. The number of thioether (sulfide) groups is 1. The van der Waals surface area contributed by atoms with Gasteiger partial charge in [0.2, 0.25) is 0 Å². The molecule has 14 heavy (non-hydrogen) atoms. The molecule has 1 aromatic rings. The van der Waals surface area contributed by atoms with Crippen molar-refractivity contribution in [3.8, 4) is 0 Å². The molecule has 0 aliphatic rings. The lowest BCUT2D eigenvalue weighted by Crippen LogP contribution is -2.11. The highest BCUT2D eigenvalue weighted by atomic mass is 32.2. The normalized spacial score (nSPS) is 13.2. The second-order valence-corrected chi connectivity index (χ2v) is 5.54. The van der Waals surface area contributed by atoms with Gasteiger partial charge in [0, 0.05) is 21.9 Å². The zero-order valence-corrected chi connectivity index (χ0v) is 10.3. The maximum Gasteiger partial charge on any atom is 0.0384 e. The minimum atomic E-state index is 0.0523. The summed E-state index contributed by atoms with van der Waals surface area (Å²) in [4.78, 5) is 1.30. The number of thiol groups is 1. The molecule has 0 aliphatic carbocycles. The fraction of sp³-hybridized carbons (Fsp3) is 0.455. The van der Waals surface area contributed by atoms with Crippen LogP contribution in [0.25, 0.3) is 0 Å². The van der Waals surface area contributed by atoms with Gasteiger partial charge in [-0.3, -0.25) is 0 Å². The number of rotatable bonds is 4. The highest BCUT2D eigenvalue weighted by Gasteiger charge is 2.03. The maximum atomic E-state index is 5.86. The average molecular weight is 227 g/mol. The highest BCUT2D eigenvalue weighted by Crippen LogP contribution is 2.24. The summed E-state index contributed by atoms with van der Waals surface area (Å²) in [6.07, 6.45) is 0. The van der Waals surface area contributed by atoms with Gasteiger partial charge in [0.1, 0.15) is 0 Å². The quantitative estimate of drug-likeness (QED) is 0.610. The summed E-state index contributed by atoms with van der Waals surface area (Å²) in [5, 5.41) is 0.624. The van der Waals surface area contributed by atoms with Gasteiger partial charge in [-0.1, -0.05) is 26.0 Å². The summed E-state index contributed by atoms with van der Waals surface area (Å²) in [6, 6.07) is 8.49. The molecule has 0 bridgehead atoms. The third-order valence-electron chi connectivity index (χ3n) is 1.88. The Bertz CT molecular complexity index is 269. The molecule has 3 heteroatoms. The average Bonchev–Trinajstić information content (AvgIpc) is 2.17. The van der Waals surface area contributed by atoms with Crippen LogP contribution in [0.3, 0.4) is 0 Å². The second kappa shape index (κ2) is 5.69. The molecule has 2 N–H and O–H groups in total. The lowest BCUT2D eigenvalue weighted by Gasteiger charge is -2.10. The van der Waals surface area contributed by atoms with Crippen molar-refractivity contribution in [1.29, 1.82) is 0 Å². The number of hydrogen-bond acceptors (Lipinski definition) is 3. The summed E-state index contributed by atoms with van der Waals surface area (Å²) in [7, 11) is 0. The van der Waals surface area contributed by atoms with E-state index in [1.54, 1.807) is 0 Å². The summed E-state index contributed by atoms with van der Waals surface area (Å²) in [6.45, 7) is 4.38. The van der Waals surface area contributed by atoms with Crippen LogP contribution in [-0.2, 0) is 0 Å². The molecule has 1 unspecified atom stereocenters. The van der Waals surface area contributed by atoms with Crippen LogP contribution in [0.15, 0.2) is 29.2 Å². The summed E-state index contributed by atoms with van der Waals surface area (Å²) < 4.78 is 0. The van der Waals surface area contributed by atoms with Crippen molar-refractivity contribution in [3.05, 3.63) is 29.8 Å². The molecule has 0 saturated heterocycles. The van der Waals surface area contributed by atoms with Gasteiger partial charge in [-0.05, 0) is 17.7 Å². The minimum absolute atomic E-state index is 0.0523. The van der Waals surface area contributed by atoms with E-state index >= 15 is 0 Å². The zero-order chi connectivity index (χ0) is 10.6. The van der Waals surface area contributed by atoms with Gasteiger partial charge in [-0.2, -0.15) is 12.6 Å². The summed E-state index contributed by atoms with van der Waals surface area (Å²) in [5.74, 6) is 0.691. The van der Waals surface area contributed by atoms with Crippen LogP contribution in [0.1, 0.15) is 25.5 Å². The second-order valence-electron chi connectivity index (χ2n) is 3.52. The molecular weight excluding hydrogens is 210 g/mol. The predicted molar refractivity (Wildman–Crippen MR) is 68.2 cm³/mol. The first-order valence-electron chi connectivity index (χ1n) is 4.76. The molecule has 1 nitrogen and oxygen atoms in total. The molecule has 0 fully saturated rings. The van der Waals surface area contributed by atoms with E-state index in [4.69, 9.17) is 5.73 Å². The lowest BCUT2D eigenvalue weighted by molar-refractivity contribution is 0.833. The van der Waals surface area contributed by atoms with E-state index in [-0.39, 0.29) is 6.04 Å². The van der Waals surface area contributed by atoms with Crippen LogP contribution in [-0.4, -0.2) is 11.0 Å². The van der Waals surface area contributed by atoms with Crippen LogP contribution < -0.4 is 5.73 Å². The smallest absolute Gasteiger partial charge is 0.0384 e. The van der Waals surface area contributed by atoms with Crippen LogP contribution in [0.5, 0.6) is 0 Å². The largest absolute Gasteiger partial charge is 0.323 e. The molecular formula is C11H17NS2. The Morgan fingerprint density at radius 1 is 1.29 bits per heavy atom. The summed E-state index contributed by atoms with van der Waals surface area (Å²) in [5.41, 5.74) is 7.02. The van der Waals surface area contributed by atoms with Gasteiger partial charge in [0.25, 0.3) is 0 Å². The Balaban J connectivity index is 2.68. The molecule has 0 heterocycles. The molecule has 0 amide bonds. The molecule has 0 aromatic heterocycles. The third kappa shape index (κ3) is 3.56. The van der Waals surface area contributed by atoms with Crippen LogP contribution in [0, 0.1) is 0 Å². The van der Waals surface area contributed by atoms with Gasteiger partial charge in [-0.15, -0.1) is 11.8 Å². The van der Waals surface area contributed by atoms with Crippen molar-refractivity contribution < 1.29 is 0 Å². The Morgan fingerprint density at radius 2 is 1.86 bits per heavy atom. The standard InChI is InChI=1S/C11H17NS2/c1-8(2)14-10-5-3-9(4-6-10)11(12)7-13/h3-6,8,11,13H,7,12H2,1-2H3. The molecule has 78 valence electrons. The van der Waals surface area contributed by atoms with E-state index in [0.29, 0.717) is 11.0 Å². The Hall–Kier alpha value is -0.120. The number of hydrogen-bond donors (Lipinski definition) is 2. The molecule has 0 saturated carbocycles. The molecule has 0 radical (unpaired) electrons. The summed E-state index contributed by atoms with van der Waals surface area (Å²) >= 11 is 6.04. The van der Waals surface area contributed by atoms with Gasteiger partial charge >= 0.3 is 0 Å². The Kier molecular flexibility index (Phi) is 4.85. The molecule has 0 aliphatic heterocycles. The van der Waals surface area contributed by atoms with Crippen molar-refractivity contribution in [1.82, 2.24) is 0 Å². The maximum absolute atomic E-state index is 5.86. The molecule has 1 aromatic carbocycles. The fourth-order valence-electron chi connectivity index (χ4n) is 1.17. The first kappa shape index (κ1) is 12.0. The monoisotopic (exact) mass is 227 g/mol.